The second kappa shape index (κ2) is 8.05. The van der Waals surface area contributed by atoms with Crippen molar-refractivity contribution in [2.24, 2.45) is 0 Å². The number of aromatic nitrogens is 2. The van der Waals surface area contributed by atoms with Gasteiger partial charge in [-0.25, -0.2) is 9.97 Å². The van der Waals surface area contributed by atoms with E-state index in [4.69, 9.17) is 9.47 Å². The Labute approximate surface area is 149 Å². The third-order valence-electron chi connectivity index (χ3n) is 4.46. The Morgan fingerprint density at radius 2 is 1.72 bits per heavy atom. The van der Waals surface area contributed by atoms with Gasteiger partial charge in [-0.1, -0.05) is 19.3 Å². The molecule has 6 nitrogen and oxygen atoms in total. The van der Waals surface area contributed by atoms with Gasteiger partial charge >= 0.3 is 0 Å². The van der Waals surface area contributed by atoms with Gasteiger partial charge in [0.2, 0.25) is 0 Å². The SMILES string of the molecule is COc1ccc(OC)c(Nc2cc(NC3CCCCC3)nc(C)n2)c1. The summed E-state index contributed by atoms with van der Waals surface area (Å²) < 4.78 is 10.7. The molecule has 0 unspecified atom stereocenters. The molecule has 0 atom stereocenters. The number of nitrogens with one attached hydrogen (secondary N) is 2. The third kappa shape index (κ3) is 4.53. The Morgan fingerprint density at radius 1 is 0.960 bits per heavy atom. The Kier molecular flexibility index (Phi) is 5.58. The van der Waals surface area contributed by atoms with Gasteiger partial charge in [0, 0.05) is 18.2 Å². The number of methoxy groups -OCH3 is 2. The lowest BCUT2D eigenvalue weighted by Gasteiger charge is -2.23. The van der Waals surface area contributed by atoms with Gasteiger partial charge < -0.3 is 20.1 Å². The number of benzene rings is 1. The van der Waals surface area contributed by atoms with Crippen LogP contribution in [0.5, 0.6) is 11.5 Å². The van der Waals surface area contributed by atoms with Crippen molar-refractivity contribution in [1.82, 2.24) is 9.97 Å². The van der Waals surface area contributed by atoms with Crippen LogP contribution in [0.2, 0.25) is 0 Å². The van der Waals surface area contributed by atoms with E-state index in [9.17, 15) is 0 Å². The van der Waals surface area contributed by atoms with E-state index in [0.717, 1.165) is 34.6 Å². The average molecular weight is 342 g/mol. The van der Waals surface area contributed by atoms with Gasteiger partial charge in [-0.05, 0) is 31.9 Å². The fourth-order valence-electron chi connectivity index (χ4n) is 3.21. The summed E-state index contributed by atoms with van der Waals surface area (Å²) in [6.07, 6.45) is 6.32. The Bertz CT molecular complexity index is 715. The molecule has 1 saturated carbocycles. The van der Waals surface area contributed by atoms with Crippen molar-refractivity contribution in [2.75, 3.05) is 24.9 Å². The molecule has 0 amide bonds. The van der Waals surface area contributed by atoms with Gasteiger partial charge in [-0.2, -0.15) is 0 Å². The molecule has 3 rings (SSSR count). The second-order valence-corrected chi connectivity index (χ2v) is 6.36. The molecule has 134 valence electrons. The third-order valence-corrected chi connectivity index (χ3v) is 4.46. The first kappa shape index (κ1) is 17.3. The van der Waals surface area contributed by atoms with Gasteiger partial charge in [-0.3, -0.25) is 0 Å². The van der Waals surface area contributed by atoms with Crippen LogP contribution in [-0.4, -0.2) is 30.2 Å². The van der Waals surface area contributed by atoms with E-state index in [0.29, 0.717) is 6.04 Å². The highest BCUT2D eigenvalue weighted by atomic mass is 16.5. The Morgan fingerprint density at radius 3 is 2.44 bits per heavy atom. The van der Waals surface area contributed by atoms with Gasteiger partial charge in [-0.15, -0.1) is 0 Å². The van der Waals surface area contributed by atoms with E-state index in [2.05, 4.69) is 20.6 Å². The molecule has 0 saturated heterocycles. The van der Waals surface area contributed by atoms with E-state index in [1.165, 1.54) is 32.1 Å². The van der Waals surface area contributed by atoms with Gasteiger partial charge in [0.05, 0.1) is 19.9 Å². The van der Waals surface area contributed by atoms with Crippen LogP contribution in [0.1, 0.15) is 37.9 Å². The molecular weight excluding hydrogens is 316 g/mol. The maximum absolute atomic E-state index is 5.42. The molecule has 1 aromatic carbocycles. The monoisotopic (exact) mass is 342 g/mol. The van der Waals surface area contributed by atoms with Gasteiger partial charge in [0.1, 0.15) is 29.0 Å². The number of rotatable bonds is 6. The molecule has 0 aliphatic heterocycles. The molecule has 6 heteroatoms. The maximum Gasteiger partial charge on any atom is 0.142 e. The number of ether oxygens (including phenoxy) is 2. The van der Waals surface area contributed by atoms with Crippen LogP contribution in [-0.2, 0) is 0 Å². The number of aryl methyl sites for hydroxylation is 1. The minimum atomic E-state index is 0.502. The summed E-state index contributed by atoms with van der Waals surface area (Å²) in [5, 5.41) is 6.87. The van der Waals surface area contributed by atoms with Crippen LogP contribution >= 0.6 is 0 Å². The van der Waals surface area contributed by atoms with Gasteiger partial charge in [0.25, 0.3) is 0 Å². The largest absolute Gasteiger partial charge is 0.497 e. The van der Waals surface area contributed by atoms with Crippen molar-refractivity contribution >= 4 is 17.3 Å². The summed E-state index contributed by atoms with van der Waals surface area (Å²) in [6, 6.07) is 8.08. The van der Waals surface area contributed by atoms with Crippen LogP contribution in [0.15, 0.2) is 24.3 Å². The zero-order chi connectivity index (χ0) is 17.6. The highest BCUT2D eigenvalue weighted by Crippen LogP contribution is 2.31. The first-order valence-corrected chi connectivity index (χ1v) is 8.79. The quantitative estimate of drug-likeness (QED) is 0.816. The molecule has 1 fully saturated rings. The number of hydrogen-bond acceptors (Lipinski definition) is 6. The van der Waals surface area contributed by atoms with Gasteiger partial charge in [0.15, 0.2) is 0 Å². The standard InChI is InChI=1S/C19H26N4O2/c1-13-20-18(22-14-7-5-4-6-8-14)12-19(21-13)23-16-11-15(24-2)9-10-17(16)25-3/h9-12,14H,4-8H2,1-3H3,(H2,20,21,22,23). The van der Waals surface area contributed by atoms with E-state index >= 15 is 0 Å². The summed E-state index contributed by atoms with van der Waals surface area (Å²) in [5.74, 6) is 3.82. The molecule has 2 aromatic rings. The fourth-order valence-corrected chi connectivity index (χ4v) is 3.21. The summed E-state index contributed by atoms with van der Waals surface area (Å²) in [7, 11) is 3.29. The Balaban J connectivity index is 1.80. The summed E-state index contributed by atoms with van der Waals surface area (Å²) in [6.45, 7) is 1.90. The normalized spacial score (nSPS) is 14.8. The van der Waals surface area contributed by atoms with E-state index in [1.807, 2.05) is 31.2 Å². The van der Waals surface area contributed by atoms with Crippen LogP contribution < -0.4 is 20.1 Å². The predicted molar refractivity (Wildman–Crippen MR) is 100 cm³/mol. The lowest BCUT2D eigenvalue weighted by molar-refractivity contribution is 0.405. The molecule has 0 bridgehead atoms. The van der Waals surface area contributed by atoms with Crippen molar-refractivity contribution in [2.45, 2.75) is 45.1 Å². The minimum Gasteiger partial charge on any atom is -0.497 e. The maximum atomic E-state index is 5.42. The van der Waals surface area contributed by atoms with Crippen LogP contribution in [0, 0.1) is 6.92 Å². The average Bonchev–Trinajstić information content (AvgIpc) is 2.62. The van der Waals surface area contributed by atoms with Crippen LogP contribution in [0.3, 0.4) is 0 Å². The zero-order valence-corrected chi connectivity index (χ0v) is 15.1. The van der Waals surface area contributed by atoms with E-state index < -0.39 is 0 Å². The molecule has 2 N–H and O–H groups in total. The number of anilines is 3. The molecule has 1 heterocycles. The molecule has 1 aliphatic rings. The zero-order valence-electron chi connectivity index (χ0n) is 15.1. The highest BCUT2D eigenvalue weighted by molar-refractivity contribution is 5.67. The van der Waals surface area contributed by atoms with Crippen molar-refractivity contribution in [1.29, 1.82) is 0 Å². The topological polar surface area (TPSA) is 68.3 Å². The minimum absolute atomic E-state index is 0.502. The number of nitrogens with zero attached hydrogens (tertiary/aromatic N) is 2. The van der Waals surface area contributed by atoms with Crippen molar-refractivity contribution in [3.05, 3.63) is 30.1 Å². The van der Waals surface area contributed by atoms with E-state index in [-0.39, 0.29) is 0 Å². The predicted octanol–water partition coefficient (Wildman–Crippen LogP) is 4.29. The number of hydrogen-bond donors (Lipinski definition) is 2. The highest BCUT2D eigenvalue weighted by Gasteiger charge is 2.14. The molecule has 1 aromatic heterocycles. The second-order valence-electron chi connectivity index (χ2n) is 6.36. The first-order valence-electron chi connectivity index (χ1n) is 8.79. The van der Waals surface area contributed by atoms with Crippen LogP contribution in [0.4, 0.5) is 17.3 Å². The fraction of sp³-hybridized carbons (Fsp3) is 0.474. The Hall–Kier alpha value is -2.50. The van der Waals surface area contributed by atoms with E-state index in [1.54, 1.807) is 14.2 Å². The molecule has 0 spiro atoms. The molecule has 1 aliphatic carbocycles. The summed E-state index contributed by atoms with van der Waals surface area (Å²) in [4.78, 5) is 9.02. The van der Waals surface area contributed by atoms with Crippen molar-refractivity contribution in [3.8, 4) is 11.5 Å². The lowest BCUT2D eigenvalue weighted by Crippen LogP contribution is -2.23. The van der Waals surface area contributed by atoms with Crippen molar-refractivity contribution in [3.63, 3.8) is 0 Å². The van der Waals surface area contributed by atoms with Crippen molar-refractivity contribution < 1.29 is 9.47 Å². The summed E-state index contributed by atoms with van der Waals surface area (Å²) in [5.41, 5.74) is 0.809. The molecular formula is C19H26N4O2. The molecule has 0 radical (unpaired) electrons. The molecule has 25 heavy (non-hydrogen) atoms. The van der Waals surface area contributed by atoms with Crippen LogP contribution in [0.25, 0.3) is 0 Å². The first-order chi connectivity index (χ1) is 12.2. The summed E-state index contributed by atoms with van der Waals surface area (Å²) >= 11 is 0. The lowest BCUT2D eigenvalue weighted by atomic mass is 9.95. The smallest absolute Gasteiger partial charge is 0.142 e.